The lowest BCUT2D eigenvalue weighted by atomic mass is 9.96. The van der Waals surface area contributed by atoms with E-state index in [0.717, 1.165) is 65.5 Å². The van der Waals surface area contributed by atoms with Gasteiger partial charge in [-0.3, -0.25) is 53.4 Å². The van der Waals surface area contributed by atoms with E-state index >= 15 is 0 Å². The Bertz CT molecular complexity index is 3450. The summed E-state index contributed by atoms with van der Waals surface area (Å²) >= 11 is 11.8. The Morgan fingerprint density at radius 1 is 0.925 bits per heavy atom. The monoisotopic (exact) mass is 1160 g/mol. The second kappa shape index (κ2) is 26.6. The number of carbonyl (C=O) groups excluding carboxylic acids is 6. The summed E-state index contributed by atoms with van der Waals surface area (Å²) in [5, 5.41) is 16.5. The molecule has 6 N–H and O–H groups in total. The van der Waals surface area contributed by atoms with Crippen molar-refractivity contribution in [1.29, 1.82) is 0 Å². The van der Waals surface area contributed by atoms with Gasteiger partial charge in [0.05, 0.1) is 60.4 Å². The van der Waals surface area contributed by atoms with Crippen LogP contribution in [0.25, 0.3) is 27.2 Å². The fourth-order valence-corrected chi connectivity index (χ4v) is 12.7. The van der Waals surface area contributed by atoms with Crippen molar-refractivity contribution in [3.05, 3.63) is 123 Å². The van der Waals surface area contributed by atoms with E-state index in [1.165, 1.54) is 18.0 Å². The molecule has 9 rings (SSSR count). The zero-order valence-electron chi connectivity index (χ0n) is 44.9. The topological polar surface area (TPSA) is 243 Å². The third-order valence-corrected chi connectivity index (χ3v) is 17.1. The van der Waals surface area contributed by atoms with Gasteiger partial charge in [0.25, 0.3) is 17.7 Å². The first-order valence-corrected chi connectivity index (χ1v) is 29.8. The van der Waals surface area contributed by atoms with E-state index in [-0.39, 0.29) is 68.6 Å². The molecule has 6 aromatic rings. The SMILES string of the molecule is CN=C(C)/C1=C(\N)CSCc2cc(n(C)n2)CSc2cc(c3ccccc3c2)OCCCc2c(C(=O)NSCCNC(=O)CCOCCOCCNc3cccc4c3C(=O)N(C3CCC(=O)NC3=O)C4=O)n(C)c3c1c(Cl)ccc23. The second-order valence-corrected chi connectivity index (χ2v) is 22.6. The highest BCUT2D eigenvalue weighted by Crippen LogP contribution is 2.40. The average Bonchev–Trinajstić information content (AvgIpc) is 4.15. The quantitative estimate of drug-likeness (QED) is 0.0258. The maximum absolute atomic E-state index is 14.4. The predicted molar refractivity (Wildman–Crippen MR) is 316 cm³/mol. The van der Waals surface area contributed by atoms with Crippen molar-refractivity contribution in [2.24, 2.45) is 24.8 Å². The summed E-state index contributed by atoms with van der Waals surface area (Å²) in [5.74, 6) is 0.275. The Labute approximate surface area is 481 Å². The molecule has 2 aromatic heterocycles. The number of nitrogens with two attached hydrogens (primary N) is 1. The van der Waals surface area contributed by atoms with Gasteiger partial charge in [0.15, 0.2) is 0 Å². The van der Waals surface area contributed by atoms with Crippen LogP contribution >= 0.6 is 47.1 Å². The third kappa shape index (κ3) is 13.0. The van der Waals surface area contributed by atoms with Gasteiger partial charge in [-0.2, -0.15) is 5.10 Å². The van der Waals surface area contributed by atoms with E-state index in [1.807, 2.05) is 54.5 Å². The highest BCUT2D eigenvalue weighted by atomic mass is 35.5. The number of nitrogens with one attached hydrogen (secondary N) is 4. The first-order chi connectivity index (χ1) is 38.7. The molecule has 19 nitrogen and oxygen atoms in total. The Kier molecular flexibility index (Phi) is 19.3. The first kappa shape index (κ1) is 57.9. The molecule has 1 unspecified atom stereocenters. The van der Waals surface area contributed by atoms with Gasteiger partial charge in [-0.05, 0) is 85.5 Å². The van der Waals surface area contributed by atoms with Gasteiger partial charge < -0.3 is 35.1 Å². The van der Waals surface area contributed by atoms with E-state index in [9.17, 15) is 28.8 Å². The maximum atomic E-state index is 14.4. The summed E-state index contributed by atoms with van der Waals surface area (Å²) in [5.41, 5.74) is 14.7. The lowest BCUT2D eigenvalue weighted by molar-refractivity contribution is -0.136. The summed E-state index contributed by atoms with van der Waals surface area (Å²) in [4.78, 5) is 84.4. The van der Waals surface area contributed by atoms with Crippen molar-refractivity contribution in [3.63, 3.8) is 0 Å². The maximum Gasteiger partial charge on any atom is 0.278 e. The lowest BCUT2D eigenvalue weighted by Gasteiger charge is -2.27. The number of nitrogens with zero attached hydrogens (tertiary/aromatic N) is 5. The number of imide groups is 2. The molecule has 3 aliphatic rings. The Morgan fingerprint density at radius 3 is 2.55 bits per heavy atom. The molecular formula is C57H63ClN10O9S3. The summed E-state index contributed by atoms with van der Waals surface area (Å²) in [6.45, 7) is 3.86. The van der Waals surface area contributed by atoms with Crippen molar-refractivity contribution in [2.75, 3.05) is 70.0 Å². The van der Waals surface area contributed by atoms with Crippen LogP contribution in [0, 0.1) is 0 Å². The van der Waals surface area contributed by atoms with Gasteiger partial charge in [-0.25, -0.2) is 0 Å². The van der Waals surface area contributed by atoms with Crippen LogP contribution in [0.1, 0.15) is 86.3 Å². The summed E-state index contributed by atoms with van der Waals surface area (Å²) < 4.78 is 24.8. The van der Waals surface area contributed by atoms with E-state index in [2.05, 4.69) is 56.0 Å². The lowest BCUT2D eigenvalue weighted by Crippen LogP contribution is -2.54. The number of anilines is 1. The molecule has 0 radical (unpaired) electrons. The fourth-order valence-electron chi connectivity index (χ4n) is 10.1. The second-order valence-electron chi connectivity index (χ2n) is 19.2. The summed E-state index contributed by atoms with van der Waals surface area (Å²) in [6.07, 6.45) is 1.36. The Hall–Kier alpha value is -6.82. The normalized spacial score (nSPS) is 17.3. The number of halogens is 1. The summed E-state index contributed by atoms with van der Waals surface area (Å²) in [6, 6.07) is 22.3. The molecule has 1 saturated heterocycles. The number of carbonyl (C=O) groups is 6. The molecule has 80 heavy (non-hydrogen) atoms. The van der Waals surface area contributed by atoms with Crippen LogP contribution in [0.4, 0.5) is 5.69 Å². The minimum absolute atomic E-state index is 0.0370. The number of piperidine rings is 1. The summed E-state index contributed by atoms with van der Waals surface area (Å²) in [7, 11) is 5.57. The van der Waals surface area contributed by atoms with E-state index in [0.29, 0.717) is 83.2 Å². The van der Waals surface area contributed by atoms with Gasteiger partial charge in [0, 0.05) is 120 Å². The van der Waals surface area contributed by atoms with Crippen LogP contribution in [0.5, 0.6) is 5.75 Å². The van der Waals surface area contributed by atoms with E-state index in [4.69, 9.17) is 36.6 Å². The molecule has 23 heteroatoms. The number of amides is 6. The van der Waals surface area contributed by atoms with Crippen LogP contribution in [0.15, 0.2) is 88.4 Å². The third-order valence-electron chi connectivity index (χ3n) is 14.0. The van der Waals surface area contributed by atoms with Gasteiger partial charge in [0.1, 0.15) is 17.5 Å². The number of thioether (sulfide) groups is 2. The van der Waals surface area contributed by atoms with Crippen LogP contribution in [0.3, 0.4) is 0 Å². The highest BCUT2D eigenvalue weighted by Gasteiger charge is 2.45. The van der Waals surface area contributed by atoms with Crippen molar-refractivity contribution >= 4 is 121 Å². The minimum Gasteiger partial charge on any atom is -0.493 e. The number of hydrogen-bond acceptors (Lipinski definition) is 16. The van der Waals surface area contributed by atoms with Gasteiger partial charge in [-0.15, -0.1) is 23.5 Å². The first-order valence-electron chi connectivity index (χ1n) is 26.3. The molecule has 3 aliphatic heterocycles. The minimum atomic E-state index is -1.05. The number of fused-ring (bicyclic) bond motifs is 7. The molecule has 420 valence electrons. The molecular weight excluding hydrogens is 1100 g/mol. The molecule has 0 spiro atoms. The van der Waals surface area contributed by atoms with E-state index in [1.54, 1.807) is 42.7 Å². The molecule has 5 heterocycles. The smallest absolute Gasteiger partial charge is 0.278 e. The standard InChI is InChI=1S/C57H63ClN10O9S3/c1-33(60-2)49-43(59)32-78-30-35-28-36(67(4)64-35)31-79-37-27-34-9-5-6-10-38(34)46(29-37)77-21-8-12-39-40-14-15-42(58)51(49)52(40)66(3)53(39)55(72)65-80-26-20-62-47(69)18-22-75-24-25-76-23-19-61-44-13-7-11-41-50(44)57(74)68(56(41)73)45-16-17-48(70)63-54(45)71/h5-7,9-11,13-15,27-29,45,61H,8,12,16-26,30-32,59H2,1-4H3,(H,62,69)(H,65,72)(H,63,70,71)/b49-43+,60-33?. The van der Waals surface area contributed by atoms with E-state index < -0.39 is 29.7 Å². The zero-order chi connectivity index (χ0) is 56.5. The highest BCUT2D eigenvalue weighted by molar-refractivity contribution is 7.99. The molecule has 0 saturated carbocycles. The number of ether oxygens (including phenoxy) is 3. The van der Waals surface area contributed by atoms with Gasteiger partial charge in [-0.1, -0.05) is 48.0 Å². The predicted octanol–water partition coefficient (Wildman–Crippen LogP) is 7.46. The van der Waals surface area contributed by atoms with Crippen molar-refractivity contribution < 1.29 is 43.0 Å². The number of aliphatic imine (C=N–C) groups is 1. The fraction of sp³-hybridized carbons (Fsp3) is 0.368. The van der Waals surface area contributed by atoms with Crippen molar-refractivity contribution in [2.45, 2.75) is 61.5 Å². The van der Waals surface area contributed by atoms with Crippen LogP contribution < -0.4 is 31.1 Å². The molecule has 8 bridgehead atoms. The van der Waals surface area contributed by atoms with Crippen LogP contribution in [-0.4, -0.2) is 131 Å². The van der Waals surface area contributed by atoms with Gasteiger partial charge >= 0.3 is 0 Å². The average molecular weight is 1160 g/mol. The van der Waals surface area contributed by atoms with Crippen molar-refractivity contribution in [1.82, 2.24) is 34.6 Å². The Balaban J connectivity index is 0.782. The molecule has 0 aliphatic carbocycles. The molecule has 1 fully saturated rings. The van der Waals surface area contributed by atoms with Crippen molar-refractivity contribution in [3.8, 4) is 5.75 Å². The number of allylic oxidation sites excluding steroid dienone is 1. The largest absolute Gasteiger partial charge is 0.493 e. The Morgan fingerprint density at radius 2 is 1.74 bits per heavy atom. The number of benzene rings is 4. The van der Waals surface area contributed by atoms with Crippen LogP contribution in [-0.2, 0) is 55.9 Å². The molecule has 1 atom stereocenters. The van der Waals surface area contributed by atoms with Crippen LogP contribution in [0.2, 0.25) is 5.02 Å². The zero-order valence-corrected chi connectivity index (χ0v) is 48.1. The number of rotatable bonds is 17. The molecule has 4 aromatic carbocycles. The number of aryl methyl sites for hydroxylation is 3. The van der Waals surface area contributed by atoms with Gasteiger partial charge in [0.2, 0.25) is 17.7 Å². The number of aromatic nitrogens is 3. The molecule has 6 amide bonds. The number of hydrogen-bond donors (Lipinski definition) is 5.